The first-order valence-corrected chi connectivity index (χ1v) is 9.19. The SMILES string of the molecule is CC(C)N1C[C@@H](CN2C(=O)c3ccccc3C2=O)Oc2c(N)cccc2C1=O. The summed E-state index contributed by atoms with van der Waals surface area (Å²) < 4.78 is 6.06. The van der Waals surface area contributed by atoms with Crippen LogP contribution in [0.25, 0.3) is 0 Å². The zero-order valence-electron chi connectivity index (χ0n) is 15.7. The Bertz CT molecular complexity index is 950. The molecule has 0 saturated heterocycles. The van der Waals surface area contributed by atoms with Crippen LogP contribution in [0, 0.1) is 0 Å². The second-order valence-electron chi connectivity index (χ2n) is 7.28. The van der Waals surface area contributed by atoms with E-state index in [4.69, 9.17) is 10.5 Å². The first-order valence-electron chi connectivity index (χ1n) is 9.19. The minimum Gasteiger partial charge on any atom is -0.484 e. The summed E-state index contributed by atoms with van der Waals surface area (Å²) in [7, 11) is 0. The highest BCUT2D eigenvalue weighted by molar-refractivity contribution is 6.21. The van der Waals surface area contributed by atoms with Crippen molar-refractivity contribution in [1.82, 2.24) is 9.80 Å². The Hall–Kier alpha value is -3.35. The van der Waals surface area contributed by atoms with E-state index in [2.05, 4.69) is 0 Å². The number of imide groups is 1. The van der Waals surface area contributed by atoms with Gasteiger partial charge in [-0.1, -0.05) is 18.2 Å². The number of carbonyl (C=O) groups excluding carboxylic acids is 3. The molecule has 2 aromatic carbocycles. The lowest BCUT2D eigenvalue weighted by atomic mass is 10.1. The van der Waals surface area contributed by atoms with Crippen molar-refractivity contribution in [3.8, 4) is 5.75 Å². The Labute approximate surface area is 162 Å². The summed E-state index contributed by atoms with van der Waals surface area (Å²) in [5.41, 5.74) is 7.56. The van der Waals surface area contributed by atoms with Crippen molar-refractivity contribution in [2.24, 2.45) is 0 Å². The second-order valence-corrected chi connectivity index (χ2v) is 7.28. The summed E-state index contributed by atoms with van der Waals surface area (Å²) in [5.74, 6) is -0.575. The number of para-hydroxylation sites is 1. The summed E-state index contributed by atoms with van der Waals surface area (Å²) in [6, 6.07) is 11.7. The number of hydrogen-bond donors (Lipinski definition) is 1. The van der Waals surface area contributed by atoms with Crippen LogP contribution < -0.4 is 10.5 Å². The van der Waals surface area contributed by atoms with Crippen molar-refractivity contribution in [3.63, 3.8) is 0 Å². The highest BCUT2D eigenvalue weighted by Crippen LogP contribution is 2.32. The van der Waals surface area contributed by atoms with Crippen LogP contribution in [0.3, 0.4) is 0 Å². The van der Waals surface area contributed by atoms with E-state index in [1.807, 2.05) is 13.8 Å². The van der Waals surface area contributed by atoms with Gasteiger partial charge in [-0.25, -0.2) is 0 Å². The number of fused-ring (bicyclic) bond motifs is 2. The lowest BCUT2D eigenvalue weighted by molar-refractivity contribution is 0.0499. The van der Waals surface area contributed by atoms with E-state index in [0.717, 1.165) is 0 Å². The second kappa shape index (κ2) is 6.67. The first kappa shape index (κ1) is 18.0. The van der Waals surface area contributed by atoms with E-state index < -0.39 is 6.10 Å². The third-order valence-corrected chi connectivity index (χ3v) is 5.11. The minimum absolute atomic E-state index is 0.0383. The molecule has 0 radical (unpaired) electrons. The molecule has 2 N–H and O–H groups in total. The van der Waals surface area contributed by atoms with E-state index in [1.54, 1.807) is 47.4 Å². The number of amides is 3. The van der Waals surface area contributed by atoms with Crippen LogP contribution in [-0.2, 0) is 0 Å². The van der Waals surface area contributed by atoms with Crippen LogP contribution in [0.2, 0.25) is 0 Å². The molecule has 2 aliphatic heterocycles. The van der Waals surface area contributed by atoms with Gasteiger partial charge in [0.1, 0.15) is 6.10 Å². The molecule has 0 spiro atoms. The van der Waals surface area contributed by atoms with Gasteiger partial charge in [0.05, 0.1) is 35.5 Å². The smallest absolute Gasteiger partial charge is 0.261 e. The fourth-order valence-electron chi connectivity index (χ4n) is 3.66. The average Bonchev–Trinajstić information content (AvgIpc) is 2.82. The van der Waals surface area contributed by atoms with Crippen molar-refractivity contribution in [2.45, 2.75) is 26.0 Å². The molecule has 0 aromatic heterocycles. The molecule has 0 fully saturated rings. The summed E-state index contributed by atoms with van der Waals surface area (Å²) in [4.78, 5) is 41.2. The zero-order valence-corrected chi connectivity index (χ0v) is 15.7. The molecule has 0 saturated carbocycles. The van der Waals surface area contributed by atoms with Crippen LogP contribution in [0.4, 0.5) is 5.69 Å². The molecule has 3 amide bonds. The molecule has 4 rings (SSSR count). The monoisotopic (exact) mass is 379 g/mol. The Morgan fingerprint density at radius 2 is 1.57 bits per heavy atom. The largest absolute Gasteiger partial charge is 0.484 e. The summed E-state index contributed by atoms with van der Waals surface area (Å²) in [6.07, 6.45) is -0.584. The molecular weight excluding hydrogens is 358 g/mol. The van der Waals surface area contributed by atoms with Crippen molar-refractivity contribution < 1.29 is 19.1 Å². The Morgan fingerprint density at radius 3 is 2.18 bits per heavy atom. The zero-order chi connectivity index (χ0) is 20.0. The van der Waals surface area contributed by atoms with Crippen LogP contribution >= 0.6 is 0 Å². The van der Waals surface area contributed by atoms with E-state index in [0.29, 0.717) is 28.1 Å². The molecule has 2 aromatic rings. The maximum atomic E-state index is 13.0. The highest BCUT2D eigenvalue weighted by Gasteiger charge is 2.39. The van der Waals surface area contributed by atoms with Gasteiger partial charge in [0, 0.05) is 6.04 Å². The molecule has 2 heterocycles. The number of nitrogens with zero attached hydrogens (tertiary/aromatic N) is 2. The quantitative estimate of drug-likeness (QED) is 0.652. The number of nitrogens with two attached hydrogens (primary N) is 1. The highest BCUT2D eigenvalue weighted by atomic mass is 16.5. The van der Waals surface area contributed by atoms with Gasteiger partial charge in [0.25, 0.3) is 17.7 Å². The first-order chi connectivity index (χ1) is 13.4. The maximum absolute atomic E-state index is 13.0. The van der Waals surface area contributed by atoms with Crippen molar-refractivity contribution >= 4 is 23.4 Å². The van der Waals surface area contributed by atoms with Gasteiger partial charge in [-0.15, -0.1) is 0 Å². The maximum Gasteiger partial charge on any atom is 0.261 e. The van der Waals surface area contributed by atoms with Crippen LogP contribution in [-0.4, -0.2) is 52.8 Å². The number of rotatable bonds is 3. The lowest BCUT2D eigenvalue weighted by Gasteiger charge is -2.29. The van der Waals surface area contributed by atoms with Gasteiger partial charge in [-0.3, -0.25) is 19.3 Å². The number of carbonyl (C=O) groups is 3. The Kier molecular flexibility index (Phi) is 4.30. The summed E-state index contributed by atoms with van der Waals surface area (Å²) in [5, 5.41) is 0. The molecule has 0 unspecified atom stereocenters. The lowest BCUT2D eigenvalue weighted by Crippen LogP contribution is -2.47. The normalized spacial score (nSPS) is 18.8. The average molecular weight is 379 g/mol. The third kappa shape index (κ3) is 2.79. The van der Waals surface area contributed by atoms with Crippen molar-refractivity contribution in [2.75, 3.05) is 18.8 Å². The van der Waals surface area contributed by atoms with Gasteiger partial charge in [-0.2, -0.15) is 0 Å². The topological polar surface area (TPSA) is 92.9 Å². The number of ether oxygens (including phenoxy) is 1. The van der Waals surface area contributed by atoms with Gasteiger partial charge >= 0.3 is 0 Å². The Balaban J connectivity index is 1.67. The molecule has 2 aliphatic rings. The molecule has 28 heavy (non-hydrogen) atoms. The predicted octanol–water partition coefficient (Wildman–Crippen LogP) is 2.18. The molecule has 7 nitrogen and oxygen atoms in total. The van der Waals surface area contributed by atoms with Crippen molar-refractivity contribution in [1.29, 1.82) is 0 Å². The Morgan fingerprint density at radius 1 is 0.964 bits per heavy atom. The van der Waals surface area contributed by atoms with E-state index >= 15 is 0 Å². The van der Waals surface area contributed by atoms with E-state index in [9.17, 15) is 14.4 Å². The van der Waals surface area contributed by atoms with Crippen LogP contribution in [0.1, 0.15) is 44.9 Å². The molecule has 0 aliphatic carbocycles. The van der Waals surface area contributed by atoms with Crippen LogP contribution in [0.15, 0.2) is 42.5 Å². The number of nitrogen functional groups attached to an aromatic ring is 1. The molecular formula is C21H21N3O4. The summed E-state index contributed by atoms with van der Waals surface area (Å²) in [6.45, 7) is 4.11. The van der Waals surface area contributed by atoms with Gasteiger partial charge in [-0.05, 0) is 38.1 Å². The standard InChI is InChI=1S/C21H21N3O4/c1-12(2)23-10-13(28-18-16(21(23)27)8-5-9-17(18)22)11-24-19(25)14-6-3-4-7-15(14)20(24)26/h3-9,12-13H,10-11,22H2,1-2H3/t13-/m0/s1. The fraction of sp³-hybridized carbons (Fsp3) is 0.286. The van der Waals surface area contributed by atoms with E-state index in [-0.39, 0.29) is 36.9 Å². The molecule has 7 heteroatoms. The molecule has 1 atom stereocenters. The molecule has 144 valence electrons. The van der Waals surface area contributed by atoms with Gasteiger partial charge in [0.15, 0.2) is 5.75 Å². The van der Waals surface area contributed by atoms with E-state index in [1.165, 1.54) is 4.90 Å². The van der Waals surface area contributed by atoms with Crippen LogP contribution in [0.5, 0.6) is 5.75 Å². The van der Waals surface area contributed by atoms with Gasteiger partial charge in [0.2, 0.25) is 0 Å². The fourth-order valence-corrected chi connectivity index (χ4v) is 3.66. The summed E-state index contributed by atoms with van der Waals surface area (Å²) >= 11 is 0. The number of hydrogen-bond acceptors (Lipinski definition) is 5. The van der Waals surface area contributed by atoms with Crippen molar-refractivity contribution in [3.05, 3.63) is 59.2 Å². The number of benzene rings is 2. The molecule has 0 bridgehead atoms. The number of anilines is 1. The minimum atomic E-state index is -0.584. The third-order valence-electron chi connectivity index (χ3n) is 5.11. The predicted molar refractivity (Wildman–Crippen MR) is 103 cm³/mol. The van der Waals surface area contributed by atoms with Gasteiger partial charge < -0.3 is 15.4 Å².